The van der Waals surface area contributed by atoms with Crippen molar-refractivity contribution in [1.29, 1.82) is 0 Å². The van der Waals surface area contributed by atoms with Gasteiger partial charge < -0.3 is 15.3 Å². The quantitative estimate of drug-likeness (QED) is 0.850. The number of carboxylic acid groups (broad SMARTS) is 1. The average molecular weight is 369 g/mol. The van der Waals surface area contributed by atoms with E-state index in [9.17, 15) is 14.4 Å². The standard InChI is InChI=1S/C15H17BrN2O4/c1-17-13(19)9-3-2-4-18(8-9)14(20)10-5-11(15(21)22)7-12(16)6-10/h5-7,9H,2-4,8H2,1H3,(H,17,19)(H,21,22). The predicted octanol–water partition coefficient (Wildman–Crippen LogP) is 1.75. The molecule has 1 heterocycles. The molecule has 6 nitrogen and oxygen atoms in total. The van der Waals surface area contributed by atoms with E-state index in [0.29, 0.717) is 23.1 Å². The lowest BCUT2D eigenvalue weighted by atomic mass is 9.96. The molecule has 1 saturated heterocycles. The summed E-state index contributed by atoms with van der Waals surface area (Å²) < 4.78 is 0.538. The minimum Gasteiger partial charge on any atom is -0.478 e. The number of hydrogen-bond donors (Lipinski definition) is 2. The van der Waals surface area contributed by atoms with E-state index in [2.05, 4.69) is 21.2 Å². The fourth-order valence-electron chi connectivity index (χ4n) is 2.60. The molecule has 2 amide bonds. The van der Waals surface area contributed by atoms with Crippen molar-refractivity contribution >= 4 is 33.7 Å². The van der Waals surface area contributed by atoms with E-state index in [-0.39, 0.29) is 23.3 Å². The number of nitrogens with zero attached hydrogens (tertiary/aromatic N) is 1. The Morgan fingerprint density at radius 3 is 2.59 bits per heavy atom. The number of carbonyl (C=O) groups is 3. The maximum atomic E-state index is 12.6. The van der Waals surface area contributed by atoms with Gasteiger partial charge in [-0.05, 0) is 31.0 Å². The van der Waals surface area contributed by atoms with Crippen LogP contribution in [0.2, 0.25) is 0 Å². The molecule has 1 aromatic rings. The molecule has 0 aliphatic carbocycles. The molecule has 1 aromatic carbocycles. The van der Waals surface area contributed by atoms with Crippen molar-refractivity contribution < 1.29 is 19.5 Å². The Morgan fingerprint density at radius 2 is 1.95 bits per heavy atom. The largest absolute Gasteiger partial charge is 0.478 e. The number of amides is 2. The van der Waals surface area contributed by atoms with Gasteiger partial charge >= 0.3 is 5.97 Å². The van der Waals surface area contributed by atoms with Gasteiger partial charge in [0.15, 0.2) is 0 Å². The molecular weight excluding hydrogens is 352 g/mol. The smallest absolute Gasteiger partial charge is 0.335 e. The monoisotopic (exact) mass is 368 g/mol. The van der Waals surface area contributed by atoms with Crippen molar-refractivity contribution in [3.8, 4) is 0 Å². The number of hydrogen-bond acceptors (Lipinski definition) is 3. The normalized spacial score (nSPS) is 17.9. The Hall–Kier alpha value is -1.89. The minimum absolute atomic E-state index is 0.0533. The number of carbonyl (C=O) groups excluding carboxylic acids is 2. The topological polar surface area (TPSA) is 86.7 Å². The molecule has 1 fully saturated rings. The number of nitrogens with one attached hydrogen (secondary N) is 1. The molecule has 0 aromatic heterocycles. The molecule has 1 aliphatic rings. The number of carboxylic acids is 1. The maximum Gasteiger partial charge on any atom is 0.335 e. The van der Waals surface area contributed by atoms with Crippen LogP contribution in [0.5, 0.6) is 0 Å². The number of benzene rings is 1. The van der Waals surface area contributed by atoms with Crippen LogP contribution in [-0.4, -0.2) is 47.9 Å². The van der Waals surface area contributed by atoms with Crippen molar-refractivity contribution in [3.63, 3.8) is 0 Å². The van der Waals surface area contributed by atoms with Crippen molar-refractivity contribution in [1.82, 2.24) is 10.2 Å². The highest BCUT2D eigenvalue weighted by atomic mass is 79.9. The Balaban J connectivity index is 2.20. The predicted molar refractivity (Wildman–Crippen MR) is 83.8 cm³/mol. The SMILES string of the molecule is CNC(=O)C1CCCN(C(=O)c2cc(Br)cc(C(=O)O)c2)C1. The molecule has 1 aliphatic heterocycles. The zero-order valence-electron chi connectivity index (χ0n) is 12.1. The Kier molecular flexibility index (Phi) is 5.18. The van der Waals surface area contributed by atoms with Gasteiger partial charge in [-0.15, -0.1) is 0 Å². The highest BCUT2D eigenvalue weighted by Gasteiger charge is 2.28. The molecular formula is C15H17BrN2O4. The van der Waals surface area contributed by atoms with E-state index in [4.69, 9.17) is 5.11 Å². The molecule has 7 heteroatoms. The van der Waals surface area contributed by atoms with E-state index in [1.54, 1.807) is 18.0 Å². The van der Waals surface area contributed by atoms with Gasteiger partial charge in [-0.3, -0.25) is 9.59 Å². The number of halogens is 1. The highest BCUT2D eigenvalue weighted by molar-refractivity contribution is 9.10. The van der Waals surface area contributed by atoms with Gasteiger partial charge in [0.2, 0.25) is 5.91 Å². The van der Waals surface area contributed by atoms with Gasteiger partial charge in [-0.25, -0.2) is 4.79 Å². The fourth-order valence-corrected chi connectivity index (χ4v) is 3.09. The molecule has 2 rings (SSSR count). The van der Waals surface area contributed by atoms with Crippen LogP contribution in [-0.2, 0) is 4.79 Å². The average Bonchev–Trinajstić information content (AvgIpc) is 2.52. The van der Waals surface area contributed by atoms with E-state index < -0.39 is 5.97 Å². The highest BCUT2D eigenvalue weighted by Crippen LogP contribution is 2.22. The van der Waals surface area contributed by atoms with Crippen molar-refractivity contribution in [2.24, 2.45) is 5.92 Å². The summed E-state index contributed by atoms with van der Waals surface area (Å²) in [6, 6.07) is 4.40. The summed E-state index contributed by atoms with van der Waals surface area (Å²) in [6.45, 7) is 0.925. The van der Waals surface area contributed by atoms with Crippen molar-refractivity contribution in [2.75, 3.05) is 20.1 Å². The molecule has 1 unspecified atom stereocenters. The number of piperidine rings is 1. The van der Waals surface area contributed by atoms with E-state index in [1.807, 2.05) is 0 Å². The van der Waals surface area contributed by atoms with Crippen molar-refractivity contribution in [3.05, 3.63) is 33.8 Å². The first kappa shape index (κ1) is 16.5. The van der Waals surface area contributed by atoms with Crippen LogP contribution >= 0.6 is 15.9 Å². The molecule has 0 radical (unpaired) electrons. The van der Waals surface area contributed by atoms with Gasteiger partial charge in [0.1, 0.15) is 0 Å². The molecule has 2 N–H and O–H groups in total. The van der Waals surface area contributed by atoms with Crippen LogP contribution < -0.4 is 5.32 Å². The third kappa shape index (κ3) is 3.65. The summed E-state index contributed by atoms with van der Waals surface area (Å²) in [5.41, 5.74) is 0.363. The lowest BCUT2D eigenvalue weighted by Crippen LogP contribution is -2.44. The number of aromatic carboxylic acids is 1. The minimum atomic E-state index is -1.09. The summed E-state index contributed by atoms with van der Waals surface area (Å²) in [6.07, 6.45) is 1.51. The Labute approximate surface area is 136 Å². The van der Waals surface area contributed by atoms with E-state index in [1.165, 1.54) is 12.1 Å². The summed E-state index contributed by atoms with van der Waals surface area (Å²) in [4.78, 5) is 37.0. The Morgan fingerprint density at radius 1 is 1.27 bits per heavy atom. The third-order valence-corrected chi connectivity index (χ3v) is 4.18. The molecule has 0 spiro atoms. The third-order valence-electron chi connectivity index (χ3n) is 3.72. The van der Waals surface area contributed by atoms with Crippen LogP contribution in [0.3, 0.4) is 0 Å². The molecule has 118 valence electrons. The van der Waals surface area contributed by atoms with Gasteiger partial charge in [0, 0.05) is 30.2 Å². The lowest BCUT2D eigenvalue weighted by molar-refractivity contribution is -0.125. The summed E-state index contributed by atoms with van der Waals surface area (Å²) in [7, 11) is 1.58. The van der Waals surface area contributed by atoms with Gasteiger partial charge in [-0.1, -0.05) is 15.9 Å². The maximum absolute atomic E-state index is 12.6. The van der Waals surface area contributed by atoms with Gasteiger partial charge in [0.05, 0.1) is 11.5 Å². The number of likely N-dealkylation sites (tertiary alicyclic amines) is 1. The van der Waals surface area contributed by atoms with Crippen LogP contribution in [0.4, 0.5) is 0 Å². The van der Waals surface area contributed by atoms with Gasteiger partial charge in [-0.2, -0.15) is 0 Å². The molecule has 0 saturated carbocycles. The van der Waals surface area contributed by atoms with Crippen LogP contribution in [0, 0.1) is 5.92 Å². The van der Waals surface area contributed by atoms with E-state index >= 15 is 0 Å². The Bertz CT molecular complexity index is 618. The zero-order valence-corrected chi connectivity index (χ0v) is 13.7. The first-order chi connectivity index (χ1) is 10.4. The second-order valence-corrected chi connectivity index (χ2v) is 6.15. The van der Waals surface area contributed by atoms with Gasteiger partial charge in [0.25, 0.3) is 5.91 Å². The van der Waals surface area contributed by atoms with Crippen LogP contribution in [0.1, 0.15) is 33.6 Å². The number of rotatable bonds is 3. The summed E-state index contributed by atoms with van der Waals surface area (Å²) >= 11 is 3.22. The first-order valence-corrected chi connectivity index (χ1v) is 7.76. The lowest BCUT2D eigenvalue weighted by Gasteiger charge is -2.32. The fraction of sp³-hybridized carbons (Fsp3) is 0.400. The first-order valence-electron chi connectivity index (χ1n) is 6.97. The molecule has 22 heavy (non-hydrogen) atoms. The summed E-state index contributed by atoms with van der Waals surface area (Å²) in [5.74, 6) is -1.62. The molecule has 0 bridgehead atoms. The van der Waals surface area contributed by atoms with Crippen LogP contribution in [0.15, 0.2) is 22.7 Å². The second kappa shape index (κ2) is 6.91. The van der Waals surface area contributed by atoms with E-state index in [0.717, 1.165) is 12.8 Å². The molecule has 1 atom stereocenters. The zero-order chi connectivity index (χ0) is 16.3. The van der Waals surface area contributed by atoms with Crippen LogP contribution in [0.25, 0.3) is 0 Å². The second-order valence-electron chi connectivity index (χ2n) is 5.24. The van der Waals surface area contributed by atoms with Crippen molar-refractivity contribution in [2.45, 2.75) is 12.8 Å². The summed E-state index contributed by atoms with van der Waals surface area (Å²) in [5, 5.41) is 11.7.